The minimum absolute atomic E-state index is 0. The number of anilines is 2. The second-order valence-electron chi connectivity index (χ2n) is 3.97. The average molecular weight is 340 g/mol. The summed E-state index contributed by atoms with van der Waals surface area (Å²) in [6.07, 6.45) is 0. The molecule has 0 aliphatic rings. The molecule has 0 spiro atoms. The van der Waals surface area contributed by atoms with Gasteiger partial charge in [-0.05, 0) is 30.3 Å². The fraction of sp³-hybridized carbons (Fsp3) is 0. The molecule has 106 valence electrons. The zero-order valence-corrected chi connectivity index (χ0v) is 10.9. The number of hydrogen-bond acceptors (Lipinski definition) is 3. The van der Waals surface area contributed by atoms with Crippen LogP contribution in [0.4, 0.5) is 11.4 Å². The van der Waals surface area contributed by atoms with Crippen LogP contribution < -0.4 is 5.32 Å². The first-order chi connectivity index (χ1) is 9.49. The van der Waals surface area contributed by atoms with Crippen LogP contribution in [0.2, 0.25) is 5.02 Å². The molecule has 2 rings (SSSR count). The Bertz CT molecular complexity index is 694. The molecule has 0 heterocycles. The summed E-state index contributed by atoms with van der Waals surface area (Å²) in [6.45, 7) is 0. The van der Waals surface area contributed by atoms with Crippen molar-refractivity contribution < 1.29 is 19.8 Å². The van der Waals surface area contributed by atoms with Crippen molar-refractivity contribution in [1.82, 2.24) is 0 Å². The molecular weight excluding hydrogens is 328 g/mol. The van der Waals surface area contributed by atoms with E-state index in [1.54, 1.807) is 18.2 Å². The Kier molecular flexibility index (Phi) is 9.34. The first-order valence-corrected chi connectivity index (χ1v) is 5.99. The minimum atomic E-state index is -1.13. The molecule has 0 aromatic heterocycles. The van der Waals surface area contributed by atoms with Crippen LogP contribution in [0.3, 0.4) is 0 Å². The topological polar surface area (TPSA) is 86.6 Å². The molecule has 0 aliphatic carbocycles. The van der Waals surface area contributed by atoms with Crippen molar-refractivity contribution in [1.29, 1.82) is 0 Å². The molecule has 0 aliphatic heterocycles. The molecule has 0 amide bonds. The Morgan fingerprint density at radius 3 is 2.00 bits per heavy atom. The van der Waals surface area contributed by atoms with E-state index in [0.29, 0.717) is 10.7 Å². The Balaban J connectivity index is 0.00000220. The van der Waals surface area contributed by atoms with E-state index < -0.39 is 11.9 Å². The summed E-state index contributed by atoms with van der Waals surface area (Å²) >= 11 is 5.84. The van der Waals surface area contributed by atoms with E-state index in [2.05, 4.69) is 5.32 Å². The molecule has 2 aromatic rings. The molecular formula is C14H12ClNNa2O4. The summed E-state index contributed by atoms with van der Waals surface area (Å²) in [4.78, 5) is 22.3. The van der Waals surface area contributed by atoms with Crippen LogP contribution in [0.25, 0.3) is 0 Å². The van der Waals surface area contributed by atoms with Gasteiger partial charge in [-0.3, -0.25) is 0 Å². The van der Waals surface area contributed by atoms with Crippen LogP contribution in [0.15, 0.2) is 42.5 Å². The maximum absolute atomic E-state index is 11.1. The fourth-order valence-corrected chi connectivity index (χ4v) is 1.90. The number of aromatic carboxylic acids is 2. The van der Waals surface area contributed by atoms with Gasteiger partial charge < -0.3 is 15.5 Å². The zero-order chi connectivity index (χ0) is 14.7. The first kappa shape index (κ1) is 21.5. The summed E-state index contributed by atoms with van der Waals surface area (Å²) in [5.41, 5.74) is 0.585. The molecule has 0 atom stereocenters. The third kappa shape index (κ3) is 5.28. The molecule has 3 N–H and O–H groups in total. The van der Waals surface area contributed by atoms with Crippen LogP contribution in [0.1, 0.15) is 20.7 Å². The van der Waals surface area contributed by atoms with Crippen molar-refractivity contribution in [2.45, 2.75) is 0 Å². The number of hydrogen-bond donors (Lipinski definition) is 3. The zero-order valence-electron chi connectivity index (χ0n) is 10.1. The van der Waals surface area contributed by atoms with E-state index in [-0.39, 0.29) is 75.9 Å². The average Bonchev–Trinajstić information content (AvgIpc) is 2.38. The van der Waals surface area contributed by atoms with Gasteiger partial charge in [-0.1, -0.05) is 23.7 Å². The summed E-state index contributed by atoms with van der Waals surface area (Å²) < 4.78 is 0. The molecule has 0 saturated heterocycles. The van der Waals surface area contributed by atoms with Gasteiger partial charge in [-0.25, -0.2) is 9.59 Å². The molecule has 8 heteroatoms. The third-order valence-electron chi connectivity index (χ3n) is 2.64. The van der Waals surface area contributed by atoms with Crippen molar-refractivity contribution in [3.05, 3.63) is 58.6 Å². The predicted octanol–water partition coefficient (Wildman–Crippen LogP) is 2.18. The van der Waals surface area contributed by atoms with Gasteiger partial charge in [0.25, 0.3) is 0 Å². The first-order valence-electron chi connectivity index (χ1n) is 5.61. The van der Waals surface area contributed by atoms with Crippen molar-refractivity contribution in [2.24, 2.45) is 0 Å². The molecule has 2 aromatic carbocycles. The summed E-state index contributed by atoms with van der Waals surface area (Å²) in [6, 6.07) is 10.5. The Morgan fingerprint density at radius 1 is 0.864 bits per heavy atom. The third-order valence-corrected chi connectivity index (χ3v) is 2.87. The van der Waals surface area contributed by atoms with E-state index in [4.69, 9.17) is 21.8 Å². The number of carbonyl (C=O) groups is 2. The van der Waals surface area contributed by atoms with Gasteiger partial charge in [0.05, 0.1) is 22.5 Å². The quantitative estimate of drug-likeness (QED) is 0.743. The van der Waals surface area contributed by atoms with Gasteiger partial charge in [0, 0.05) is 5.02 Å². The summed E-state index contributed by atoms with van der Waals surface area (Å²) in [7, 11) is 0. The van der Waals surface area contributed by atoms with Crippen molar-refractivity contribution in [2.75, 3.05) is 5.32 Å². The van der Waals surface area contributed by atoms with Gasteiger partial charge in [0.1, 0.15) is 0 Å². The predicted molar refractivity (Wildman–Crippen MR) is 89.4 cm³/mol. The normalized spacial score (nSPS) is 9.14. The van der Waals surface area contributed by atoms with Crippen LogP contribution in [-0.2, 0) is 0 Å². The van der Waals surface area contributed by atoms with Gasteiger partial charge >= 0.3 is 71.1 Å². The van der Waals surface area contributed by atoms with Crippen LogP contribution in [0.5, 0.6) is 0 Å². The van der Waals surface area contributed by atoms with Crippen LogP contribution >= 0.6 is 11.6 Å². The molecule has 0 bridgehead atoms. The SMILES string of the molecule is O=C(O)c1ccccc1Nc1cc(Cl)ccc1C(=O)O.[NaH].[NaH]. The summed E-state index contributed by atoms with van der Waals surface area (Å²) in [5.74, 6) is -2.23. The number of benzene rings is 2. The van der Waals surface area contributed by atoms with Crippen molar-refractivity contribution >= 4 is 94.0 Å². The van der Waals surface area contributed by atoms with Crippen LogP contribution in [-0.4, -0.2) is 81.3 Å². The standard InChI is InChI=1S/C14H10ClNO4.2Na.2H/c15-8-5-6-10(14(19)20)12(7-8)16-11-4-2-1-3-9(11)13(17)18;;;;/h1-7,16H,(H,17,18)(H,19,20);;;;. The number of nitrogens with one attached hydrogen (secondary N) is 1. The van der Waals surface area contributed by atoms with Gasteiger partial charge in [-0.2, -0.15) is 0 Å². The van der Waals surface area contributed by atoms with Crippen molar-refractivity contribution in [3.63, 3.8) is 0 Å². The number of para-hydroxylation sites is 1. The summed E-state index contributed by atoms with van der Waals surface area (Å²) in [5, 5.41) is 21.4. The van der Waals surface area contributed by atoms with E-state index in [1.165, 1.54) is 24.3 Å². The number of halogens is 1. The number of carboxylic acid groups (broad SMARTS) is 2. The molecule has 0 unspecified atom stereocenters. The second-order valence-corrected chi connectivity index (χ2v) is 4.41. The van der Waals surface area contributed by atoms with E-state index in [0.717, 1.165) is 0 Å². The maximum atomic E-state index is 11.1. The monoisotopic (exact) mass is 339 g/mol. The molecule has 5 nitrogen and oxygen atoms in total. The van der Waals surface area contributed by atoms with Gasteiger partial charge in [-0.15, -0.1) is 0 Å². The van der Waals surface area contributed by atoms with Crippen molar-refractivity contribution in [3.8, 4) is 0 Å². The van der Waals surface area contributed by atoms with Crippen LogP contribution in [0, 0.1) is 0 Å². The van der Waals surface area contributed by atoms with Gasteiger partial charge in [0.2, 0.25) is 0 Å². The Hall–Kier alpha value is -0.530. The molecule has 0 radical (unpaired) electrons. The second kappa shape index (κ2) is 9.57. The number of rotatable bonds is 4. The fourth-order valence-electron chi connectivity index (χ4n) is 1.73. The molecule has 0 fully saturated rings. The molecule has 0 saturated carbocycles. The molecule has 22 heavy (non-hydrogen) atoms. The Labute approximate surface area is 176 Å². The Morgan fingerprint density at radius 2 is 1.41 bits per heavy atom. The van der Waals surface area contributed by atoms with E-state index in [9.17, 15) is 9.59 Å². The van der Waals surface area contributed by atoms with E-state index >= 15 is 0 Å². The van der Waals surface area contributed by atoms with Gasteiger partial charge in [0.15, 0.2) is 0 Å². The van der Waals surface area contributed by atoms with E-state index in [1.807, 2.05) is 0 Å². The number of carboxylic acids is 2.